The fraction of sp³-hybridized carbons (Fsp3) is 0.435. The smallest absolute Gasteiger partial charge is 0.196 e. The van der Waals surface area contributed by atoms with Gasteiger partial charge in [0.1, 0.15) is 11.6 Å². The number of carbonyl (C=O) groups excluding carboxylic acids is 1. The van der Waals surface area contributed by atoms with Crippen molar-refractivity contribution in [2.75, 3.05) is 6.61 Å². The van der Waals surface area contributed by atoms with Crippen LogP contribution in [0.1, 0.15) is 74.2 Å². The molecule has 0 bridgehead atoms. The van der Waals surface area contributed by atoms with Crippen molar-refractivity contribution >= 4 is 5.78 Å². The highest BCUT2D eigenvalue weighted by Gasteiger charge is 2.14. The quantitative estimate of drug-likeness (QED) is 0.317. The fourth-order valence-corrected chi connectivity index (χ4v) is 2.95. The average molecular weight is 356 g/mol. The highest BCUT2D eigenvalue weighted by molar-refractivity contribution is 6.10. The molecule has 0 aliphatic heterocycles. The molecule has 2 rings (SSSR count). The molecule has 0 saturated carbocycles. The minimum Gasteiger partial charge on any atom is -0.493 e. The molecule has 2 aromatic rings. The number of benzene rings is 2. The van der Waals surface area contributed by atoms with Crippen molar-refractivity contribution in [2.45, 2.75) is 58.3 Å². The van der Waals surface area contributed by atoms with Crippen molar-refractivity contribution in [1.82, 2.24) is 0 Å². The van der Waals surface area contributed by atoms with E-state index in [1.54, 1.807) is 6.07 Å². The summed E-state index contributed by atoms with van der Waals surface area (Å²) >= 11 is 0. The summed E-state index contributed by atoms with van der Waals surface area (Å²) < 4.78 is 18.9. The van der Waals surface area contributed by atoms with Gasteiger partial charge in [0.25, 0.3) is 0 Å². The second kappa shape index (κ2) is 11.5. The van der Waals surface area contributed by atoms with Crippen molar-refractivity contribution in [3.8, 4) is 5.75 Å². The maximum atomic E-state index is 13.1. The minimum atomic E-state index is -0.347. The summed E-state index contributed by atoms with van der Waals surface area (Å²) in [4.78, 5) is 12.6. The third-order valence-electron chi connectivity index (χ3n) is 4.49. The SMILES string of the molecule is CCCCCCCCCCOc1ccccc1C(=O)c1ccc(F)cc1. The van der Waals surface area contributed by atoms with E-state index in [9.17, 15) is 9.18 Å². The number of carbonyl (C=O) groups is 1. The normalized spacial score (nSPS) is 10.7. The van der Waals surface area contributed by atoms with E-state index in [0.717, 1.165) is 12.8 Å². The number of hydrogen-bond acceptors (Lipinski definition) is 2. The molecule has 0 saturated heterocycles. The summed E-state index contributed by atoms with van der Waals surface area (Å²) in [5, 5.41) is 0. The van der Waals surface area contributed by atoms with E-state index in [1.165, 1.54) is 62.8 Å². The molecule has 2 aromatic carbocycles. The van der Waals surface area contributed by atoms with Gasteiger partial charge in [0.15, 0.2) is 5.78 Å². The van der Waals surface area contributed by atoms with E-state index in [4.69, 9.17) is 4.74 Å². The van der Waals surface area contributed by atoms with Gasteiger partial charge in [-0.05, 0) is 42.8 Å². The van der Waals surface area contributed by atoms with Crippen LogP contribution in [0.4, 0.5) is 4.39 Å². The number of hydrogen-bond donors (Lipinski definition) is 0. The van der Waals surface area contributed by atoms with Crippen molar-refractivity contribution < 1.29 is 13.9 Å². The lowest BCUT2D eigenvalue weighted by atomic mass is 10.0. The first-order chi connectivity index (χ1) is 12.7. The van der Waals surface area contributed by atoms with Crippen LogP contribution in [0, 0.1) is 5.82 Å². The van der Waals surface area contributed by atoms with Gasteiger partial charge < -0.3 is 4.74 Å². The van der Waals surface area contributed by atoms with E-state index in [-0.39, 0.29) is 11.6 Å². The molecule has 0 fully saturated rings. The summed E-state index contributed by atoms with van der Waals surface area (Å²) in [6, 6.07) is 12.9. The van der Waals surface area contributed by atoms with Gasteiger partial charge >= 0.3 is 0 Å². The molecule has 0 radical (unpaired) electrons. The molecule has 0 aromatic heterocycles. The predicted octanol–water partition coefficient (Wildman–Crippen LogP) is 6.58. The predicted molar refractivity (Wildman–Crippen MR) is 104 cm³/mol. The third-order valence-corrected chi connectivity index (χ3v) is 4.49. The maximum absolute atomic E-state index is 13.1. The maximum Gasteiger partial charge on any atom is 0.196 e. The zero-order valence-corrected chi connectivity index (χ0v) is 15.7. The molecule has 140 valence electrons. The van der Waals surface area contributed by atoms with Crippen LogP contribution in [0.3, 0.4) is 0 Å². The molecule has 0 atom stereocenters. The fourth-order valence-electron chi connectivity index (χ4n) is 2.95. The van der Waals surface area contributed by atoms with Gasteiger partial charge in [-0.1, -0.05) is 64.0 Å². The monoisotopic (exact) mass is 356 g/mol. The Labute approximate surface area is 156 Å². The van der Waals surface area contributed by atoms with Crippen LogP contribution in [0.25, 0.3) is 0 Å². The molecule has 3 heteroatoms. The van der Waals surface area contributed by atoms with Crippen LogP contribution in [0.5, 0.6) is 5.75 Å². The van der Waals surface area contributed by atoms with Gasteiger partial charge in [-0.2, -0.15) is 0 Å². The van der Waals surface area contributed by atoms with Crippen LogP contribution in [0.2, 0.25) is 0 Å². The Kier molecular flexibility index (Phi) is 8.88. The number of halogens is 1. The van der Waals surface area contributed by atoms with Crippen molar-refractivity contribution in [2.24, 2.45) is 0 Å². The molecule has 2 nitrogen and oxygen atoms in total. The topological polar surface area (TPSA) is 26.3 Å². The second-order valence-electron chi connectivity index (χ2n) is 6.66. The lowest BCUT2D eigenvalue weighted by Crippen LogP contribution is -2.06. The molecule has 0 unspecified atom stereocenters. The van der Waals surface area contributed by atoms with Crippen molar-refractivity contribution in [1.29, 1.82) is 0 Å². The lowest BCUT2D eigenvalue weighted by Gasteiger charge is -2.11. The Bertz CT molecular complexity index is 664. The Morgan fingerprint density at radius 2 is 1.46 bits per heavy atom. The molecule has 26 heavy (non-hydrogen) atoms. The van der Waals surface area contributed by atoms with E-state index >= 15 is 0 Å². The minimum absolute atomic E-state index is 0.142. The lowest BCUT2D eigenvalue weighted by molar-refractivity contribution is 0.103. The van der Waals surface area contributed by atoms with Gasteiger partial charge in [0, 0.05) is 5.56 Å². The zero-order valence-electron chi connectivity index (χ0n) is 15.7. The summed E-state index contributed by atoms with van der Waals surface area (Å²) in [6.07, 6.45) is 9.96. The first kappa shape index (κ1) is 20.2. The van der Waals surface area contributed by atoms with Gasteiger partial charge in [-0.25, -0.2) is 4.39 Å². The number of para-hydroxylation sites is 1. The Hall–Kier alpha value is -2.16. The number of rotatable bonds is 12. The highest BCUT2D eigenvalue weighted by Crippen LogP contribution is 2.22. The Morgan fingerprint density at radius 3 is 2.15 bits per heavy atom. The zero-order chi connectivity index (χ0) is 18.6. The summed E-state index contributed by atoms with van der Waals surface area (Å²) in [5.74, 6) is 0.113. The van der Waals surface area contributed by atoms with E-state index in [1.807, 2.05) is 18.2 Å². The van der Waals surface area contributed by atoms with Crippen molar-refractivity contribution in [3.05, 3.63) is 65.5 Å². The van der Waals surface area contributed by atoms with Crippen LogP contribution >= 0.6 is 0 Å². The van der Waals surface area contributed by atoms with E-state index < -0.39 is 0 Å². The third kappa shape index (κ3) is 6.62. The molecule has 0 amide bonds. The molecular formula is C23H29FO2. The van der Waals surface area contributed by atoms with Crippen LogP contribution in [-0.4, -0.2) is 12.4 Å². The van der Waals surface area contributed by atoms with Gasteiger partial charge in [-0.15, -0.1) is 0 Å². The van der Waals surface area contributed by atoms with Crippen molar-refractivity contribution in [3.63, 3.8) is 0 Å². The molecule has 0 spiro atoms. The van der Waals surface area contributed by atoms with Gasteiger partial charge in [-0.3, -0.25) is 4.79 Å². The second-order valence-corrected chi connectivity index (χ2v) is 6.66. The molecule has 0 aliphatic rings. The Balaban J connectivity index is 1.80. The van der Waals surface area contributed by atoms with Crippen LogP contribution < -0.4 is 4.74 Å². The molecule has 0 heterocycles. The highest BCUT2D eigenvalue weighted by atomic mass is 19.1. The molecular weight excluding hydrogens is 327 g/mol. The first-order valence-electron chi connectivity index (χ1n) is 9.74. The van der Waals surface area contributed by atoms with Crippen LogP contribution in [0.15, 0.2) is 48.5 Å². The van der Waals surface area contributed by atoms with E-state index in [0.29, 0.717) is 23.5 Å². The standard InChI is InChI=1S/C23H29FO2/c1-2-3-4-5-6-7-8-11-18-26-22-13-10-9-12-21(22)23(25)19-14-16-20(24)17-15-19/h9-10,12-17H,2-8,11,18H2,1H3. The van der Waals surface area contributed by atoms with Crippen LogP contribution in [-0.2, 0) is 0 Å². The molecule has 0 N–H and O–H groups in total. The number of ketones is 1. The Morgan fingerprint density at radius 1 is 0.846 bits per heavy atom. The molecule has 0 aliphatic carbocycles. The largest absolute Gasteiger partial charge is 0.493 e. The van der Waals surface area contributed by atoms with Gasteiger partial charge in [0.2, 0.25) is 0 Å². The average Bonchev–Trinajstić information content (AvgIpc) is 2.67. The number of ether oxygens (including phenoxy) is 1. The number of unbranched alkanes of at least 4 members (excludes halogenated alkanes) is 7. The summed E-state index contributed by atoms with van der Waals surface area (Å²) in [7, 11) is 0. The summed E-state index contributed by atoms with van der Waals surface area (Å²) in [6.45, 7) is 2.85. The van der Waals surface area contributed by atoms with E-state index in [2.05, 4.69) is 6.92 Å². The summed E-state index contributed by atoms with van der Waals surface area (Å²) in [5.41, 5.74) is 0.994. The first-order valence-corrected chi connectivity index (χ1v) is 9.74. The van der Waals surface area contributed by atoms with Gasteiger partial charge in [0.05, 0.1) is 12.2 Å².